The van der Waals surface area contributed by atoms with Crippen molar-refractivity contribution in [1.82, 2.24) is 0 Å². The molecule has 0 saturated heterocycles. The summed E-state index contributed by atoms with van der Waals surface area (Å²) in [5.41, 5.74) is 3.45. The molecule has 5 heteroatoms. The van der Waals surface area contributed by atoms with Crippen LogP contribution in [0.4, 0.5) is 0 Å². The Morgan fingerprint density at radius 1 is 0.630 bits per heavy atom. The lowest BCUT2D eigenvalue weighted by Crippen LogP contribution is -2.19. The summed E-state index contributed by atoms with van der Waals surface area (Å²) in [4.78, 5) is 25.4. The van der Waals surface area contributed by atoms with Crippen LogP contribution in [0.1, 0.15) is 114 Å². The third-order valence-corrected chi connectivity index (χ3v) is 8.62. The van der Waals surface area contributed by atoms with E-state index in [0.29, 0.717) is 11.3 Å². The number of benzene rings is 4. The van der Waals surface area contributed by atoms with Crippen molar-refractivity contribution in [3.05, 3.63) is 96.1 Å². The minimum atomic E-state index is -0.413. The summed E-state index contributed by atoms with van der Waals surface area (Å²) in [6, 6.07) is 26.9. The van der Waals surface area contributed by atoms with E-state index >= 15 is 0 Å². The number of rotatable bonds is 18. The Labute approximate surface area is 275 Å². The van der Waals surface area contributed by atoms with E-state index in [9.17, 15) is 9.59 Å². The Hall–Kier alpha value is -4.12. The number of hydrogen-bond acceptors (Lipinski definition) is 5. The molecule has 0 unspecified atom stereocenters. The molecule has 46 heavy (non-hydrogen) atoms. The molecule has 0 aliphatic heterocycles. The fraction of sp³-hybridized carbons (Fsp3) is 0.415. The lowest BCUT2D eigenvalue weighted by Gasteiger charge is -2.16. The molecule has 2 atom stereocenters. The first-order valence-electron chi connectivity index (χ1n) is 17.2. The summed E-state index contributed by atoms with van der Waals surface area (Å²) < 4.78 is 17.2. The Kier molecular flexibility index (Phi) is 13.7. The van der Waals surface area contributed by atoms with Crippen molar-refractivity contribution in [3.8, 4) is 22.6 Å². The standard InChI is InChI=1S/C41H50O5/c1-5-7-8-9-10-11-12-13-14-27-44-38-24-21-33(22-25-38)32-15-17-34(18-16-32)41(43)46-39-26-23-36-28-35(19-20-37(36)29-39)31(4)40(42)45-30(3)6-2/h15-26,28-31H,5-14,27H2,1-4H3/t30-,31+/m1/s1. The number of fused-ring (bicyclic) bond motifs is 1. The monoisotopic (exact) mass is 622 g/mol. The highest BCUT2D eigenvalue weighted by atomic mass is 16.5. The minimum absolute atomic E-state index is 0.102. The average molecular weight is 623 g/mol. The highest BCUT2D eigenvalue weighted by Gasteiger charge is 2.19. The molecule has 0 N–H and O–H groups in total. The molecule has 4 rings (SSSR count). The van der Waals surface area contributed by atoms with Crippen LogP contribution in [-0.4, -0.2) is 24.6 Å². The van der Waals surface area contributed by atoms with Crippen LogP contribution in [0.25, 0.3) is 21.9 Å². The van der Waals surface area contributed by atoms with Crippen LogP contribution >= 0.6 is 0 Å². The maximum atomic E-state index is 12.9. The first-order valence-corrected chi connectivity index (χ1v) is 17.2. The second-order valence-corrected chi connectivity index (χ2v) is 12.3. The van der Waals surface area contributed by atoms with Crippen LogP contribution in [-0.2, 0) is 9.53 Å². The SMILES string of the molecule is CCCCCCCCCCCOc1ccc(-c2ccc(C(=O)Oc3ccc4cc([C@H](C)C(=O)O[C@H](C)CC)ccc4c3)cc2)cc1. The number of carbonyl (C=O) groups excluding carboxylic acids is 2. The molecule has 0 spiro atoms. The smallest absolute Gasteiger partial charge is 0.343 e. The van der Waals surface area contributed by atoms with Gasteiger partial charge in [-0.3, -0.25) is 4.79 Å². The normalized spacial score (nSPS) is 12.4. The zero-order valence-electron chi connectivity index (χ0n) is 28.1. The number of carbonyl (C=O) groups is 2. The largest absolute Gasteiger partial charge is 0.494 e. The van der Waals surface area contributed by atoms with Crippen molar-refractivity contribution in [1.29, 1.82) is 0 Å². The van der Waals surface area contributed by atoms with Gasteiger partial charge in [-0.2, -0.15) is 0 Å². The highest BCUT2D eigenvalue weighted by Crippen LogP contribution is 2.28. The van der Waals surface area contributed by atoms with Gasteiger partial charge in [-0.25, -0.2) is 4.79 Å². The van der Waals surface area contributed by atoms with Gasteiger partial charge in [0, 0.05) is 0 Å². The predicted molar refractivity (Wildman–Crippen MR) is 188 cm³/mol. The van der Waals surface area contributed by atoms with E-state index in [-0.39, 0.29) is 18.0 Å². The fourth-order valence-corrected chi connectivity index (χ4v) is 5.41. The summed E-state index contributed by atoms with van der Waals surface area (Å²) in [6.07, 6.45) is 12.4. The van der Waals surface area contributed by atoms with E-state index in [2.05, 4.69) is 19.1 Å². The number of ether oxygens (including phenoxy) is 3. The summed E-state index contributed by atoms with van der Waals surface area (Å²) in [6.45, 7) is 8.76. The van der Waals surface area contributed by atoms with Crippen molar-refractivity contribution in [2.75, 3.05) is 6.61 Å². The third-order valence-electron chi connectivity index (χ3n) is 8.62. The zero-order valence-corrected chi connectivity index (χ0v) is 28.1. The van der Waals surface area contributed by atoms with Gasteiger partial charge in [0.2, 0.25) is 0 Å². The lowest BCUT2D eigenvalue weighted by molar-refractivity contribution is -0.149. The van der Waals surface area contributed by atoms with Gasteiger partial charge in [-0.1, -0.05) is 114 Å². The van der Waals surface area contributed by atoms with E-state index in [0.717, 1.165) is 52.7 Å². The maximum absolute atomic E-state index is 12.9. The first-order chi connectivity index (χ1) is 22.4. The quantitative estimate of drug-likeness (QED) is 0.0627. The predicted octanol–water partition coefficient (Wildman–Crippen LogP) is 11.1. The maximum Gasteiger partial charge on any atom is 0.343 e. The van der Waals surface area contributed by atoms with Crippen molar-refractivity contribution in [2.24, 2.45) is 0 Å². The minimum Gasteiger partial charge on any atom is -0.494 e. The molecule has 0 aliphatic carbocycles. The van der Waals surface area contributed by atoms with E-state index in [4.69, 9.17) is 14.2 Å². The van der Waals surface area contributed by atoms with E-state index < -0.39 is 5.97 Å². The van der Waals surface area contributed by atoms with Crippen molar-refractivity contribution >= 4 is 22.7 Å². The zero-order chi connectivity index (χ0) is 32.7. The van der Waals surface area contributed by atoms with Crippen LogP contribution in [0.2, 0.25) is 0 Å². The summed E-state index contributed by atoms with van der Waals surface area (Å²) >= 11 is 0. The van der Waals surface area contributed by atoms with Gasteiger partial charge in [-0.15, -0.1) is 0 Å². The number of unbranched alkanes of at least 4 members (excludes halogenated alkanes) is 8. The Bertz CT molecular complexity index is 1520. The first kappa shape index (κ1) is 34.7. The van der Waals surface area contributed by atoms with Crippen LogP contribution in [0, 0.1) is 0 Å². The topological polar surface area (TPSA) is 61.8 Å². The van der Waals surface area contributed by atoms with Crippen molar-refractivity contribution < 1.29 is 23.8 Å². The molecule has 0 radical (unpaired) electrons. The molecule has 0 aliphatic rings. The summed E-state index contributed by atoms with van der Waals surface area (Å²) in [5, 5.41) is 1.89. The van der Waals surface area contributed by atoms with Crippen LogP contribution < -0.4 is 9.47 Å². The summed E-state index contributed by atoms with van der Waals surface area (Å²) in [7, 11) is 0. The summed E-state index contributed by atoms with van der Waals surface area (Å²) in [5.74, 6) is 0.352. The average Bonchev–Trinajstić information content (AvgIpc) is 3.08. The molecule has 0 amide bonds. The van der Waals surface area contributed by atoms with Gasteiger partial charge < -0.3 is 14.2 Å². The van der Waals surface area contributed by atoms with Gasteiger partial charge in [0.25, 0.3) is 0 Å². The molecule has 0 aromatic heterocycles. The second kappa shape index (κ2) is 18.1. The van der Waals surface area contributed by atoms with Gasteiger partial charge in [0.15, 0.2) is 0 Å². The van der Waals surface area contributed by atoms with Crippen LogP contribution in [0.5, 0.6) is 11.5 Å². The van der Waals surface area contributed by atoms with Crippen LogP contribution in [0.15, 0.2) is 84.9 Å². The van der Waals surface area contributed by atoms with Gasteiger partial charge in [0.1, 0.15) is 11.5 Å². The van der Waals surface area contributed by atoms with E-state index in [1.807, 2.05) is 75.4 Å². The van der Waals surface area contributed by atoms with Crippen molar-refractivity contribution in [3.63, 3.8) is 0 Å². The highest BCUT2D eigenvalue weighted by molar-refractivity contribution is 5.93. The van der Waals surface area contributed by atoms with Gasteiger partial charge >= 0.3 is 11.9 Å². The molecular formula is C41H50O5. The second-order valence-electron chi connectivity index (χ2n) is 12.3. The van der Waals surface area contributed by atoms with E-state index in [1.54, 1.807) is 18.2 Å². The fourth-order valence-electron chi connectivity index (χ4n) is 5.41. The number of hydrogen-bond donors (Lipinski definition) is 0. The van der Waals surface area contributed by atoms with Crippen LogP contribution in [0.3, 0.4) is 0 Å². The third kappa shape index (κ3) is 10.5. The molecular weight excluding hydrogens is 572 g/mol. The molecule has 0 bridgehead atoms. The molecule has 0 saturated carbocycles. The lowest BCUT2D eigenvalue weighted by atomic mass is 9.97. The van der Waals surface area contributed by atoms with Gasteiger partial charge in [0.05, 0.1) is 24.2 Å². The number of esters is 2. The molecule has 5 nitrogen and oxygen atoms in total. The molecule has 0 heterocycles. The van der Waals surface area contributed by atoms with Crippen molar-refractivity contribution in [2.45, 2.75) is 104 Å². The van der Waals surface area contributed by atoms with Gasteiger partial charge in [-0.05, 0) is 90.6 Å². The molecule has 244 valence electrons. The molecule has 0 fully saturated rings. The molecule has 4 aromatic rings. The molecule has 4 aromatic carbocycles. The van der Waals surface area contributed by atoms with E-state index in [1.165, 1.54) is 51.4 Å². The Morgan fingerprint density at radius 2 is 1.20 bits per heavy atom. The Balaban J connectivity index is 1.24. The Morgan fingerprint density at radius 3 is 1.85 bits per heavy atom.